The number of hydrogen-bond acceptors (Lipinski definition) is 5. The predicted molar refractivity (Wildman–Crippen MR) is 82.1 cm³/mol. The van der Waals surface area contributed by atoms with E-state index in [0.29, 0.717) is 5.56 Å². The van der Waals surface area contributed by atoms with Gasteiger partial charge >= 0.3 is 0 Å². The van der Waals surface area contributed by atoms with Crippen LogP contribution in [0.5, 0.6) is 5.75 Å². The van der Waals surface area contributed by atoms with Gasteiger partial charge in [-0.25, -0.2) is 10.4 Å². The highest BCUT2D eigenvalue weighted by Gasteiger charge is 2.05. The van der Waals surface area contributed by atoms with Gasteiger partial charge in [-0.1, -0.05) is 15.9 Å². The largest absolute Gasteiger partial charge is 0.507 e. The molecule has 0 aliphatic carbocycles. The SMILES string of the molecule is Cc1nc(CC(=O)NN=Cc2cc(Br)ccc2O)cs1. The molecule has 1 aromatic heterocycles. The first kappa shape index (κ1) is 14.7. The van der Waals surface area contributed by atoms with E-state index in [1.165, 1.54) is 17.6 Å². The van der Waals surface area contributed by atoms with E-state index in [1.54, 1.807) is 18.2 Å². The molecule has 0 aliphatic rings. The summed E-state index contributed by atoms with van der Waals surface area (Å²) < 4.78 is 0.820. The smallest absolute Gasteiger partial charge is 0.246 e. The van der Waals surface area contributed by atoms with Crippen molar-refractivity contribution in [1.82, 2.24) is 10.4 Å². The van der Waals surface area contributed by atoms with Gasteiger partial charge in [-0.2, -0.15) is 5.10 Å². The van der Waals surface area contributed by atoms with E-state index in [0.717, 1.165) is 15.2 Å². The zero-order chi connectivity index (χ0) is 14.5. The molecule has 0 unspecified atom stereocenters. The number of carbonyl (C=O) groups is 1. The number of thiazole rings is 1. The van der Waals surface area contributed by atoms with Gasteiger partial charge in [-0.3, -0.25) is 4.79 Å². The molecule has 0 bridgehead atoms. The number of nitrogens with zero attached hydrogens (tertiary/aromatic N) is 2. The van der Waals surface area contributed by atoms with Crippen molar-refractivity contribution in [3.63, 3.8) is 0 Å². The summed E-state index contributed by atoms with van der Waals surface area (Å²) in [6, 6.07) is 4.97. The van der Waals surface area contributed by atoms with E-state index in [-0.39, 0.29) is 18.1 Å². The number of carbonyl (C=O) groups excluding carboxylic acids is 1. The van der Waals surface area contributed by atoms with Crippen LogP contribution in [0.25, 0.3) is 0 Å². The molecular formula is C13H12BrN3O2S. The number of phenols is 1. The topological polar surface area (TPSA) is 74.6 Å². The van der Waals surface area contributed by atoms with Crippen LogP contribution in [-0.4, -0.2) is 22.2 Å². The summed E-state index contributed by atoms with van der Waals surface area (Å²) >= 11 is 4.80. The first-order chi connectivity index (χ1) is 9.54. The minimum Gasteiger partial charge on any atom is -0.507 e. The Morgan fingerprint density at radius 2 is 2.40 bits per heavy atom. The van der Waals surface area contributed by atoms with E-state index in [2.05, 4.69) is 31.4 Å². The zero-order valence-electron chi connectivity index (χ0n) is 10.6. The predicted octanol–water partition coefficient (Wildman–Crippen LogP) is 2.61. The first-order valence-electron chi connectivity index (χ1n) is 5.76. The second kappa shape index (κ2) is 6.62. The molecule has 0 spiro atoms. The third-order valence-corrected chi connectivity index (χ3v) is 3.71. The summed E-state index contributed by atoms with van der Waals surface area (Å²) in [7, 11) is 0. The molecule has 5 nitrogen and oxygen atoms in total. The molecule has 1 amide bonds. The fourth-order valence-electron chi connectivity index (χ4n) is 1.50. The van der Waals surface area contributed by atoms with Gasteiger partial charge in [0.2, 0.25) is 5.91 Å². The fraction of sp³-hybridized carbons (Fsp3) is 0.154. The molecule has 1 heterocycles. The van der Waals surface area contributed by atoms with Crippen molar-refractivity contribution in [1.29, 1.82) is 0 Å². The van der Waals surface area contributed by atoms with E-state index >= 15 is 0 Å². The van der Waals surface area contributed by atoms with Gasteiger partial charge in [0, 0.05) is 15.4 Å². The average molecular weight is 354 g/mol. The third-order valence-electron chi connectivity index (χ3n) is 2.39. The number of benzene rings is 1. The van der Waals surface area contributed by atoms with Crippen LogP contribution in [0, 0.1) is 6.92 Å². The number of phenolic OH excluding ortho intramolecular Hbond substituents is 1. The van der Waals surface area contributed by atoms with Crippen molar-refractivity contribution in [2.45, 2.75) is 13.3 Å². The van der Waals surface area contributed by atoms with Gasteiger partial charge in [0.1, 0.15) is 5.75 Å². The Labute approximate surface area is 128 Å². The Morgan fingerprint density at radius 1 is 1.60 bits per heavy atom. The maximum atomic E-state index is 11.6. The maximum absolute atomic E-state index is 11.6. The highest BCUT2D eigenvalue weighted by Crippen LogP contribution is 2.19. The highest BCUT2D eigenvalue weighted by molar-refractivity contribution is 9.10. The van der Waals surface area contributed by atoms with Crippen molar-refractivity contribution < 1.29 is 9.90 Å². The molecule has 0 fully saturated rings. The minimum absolute atomic E-state index is 0.0984. The third kappa shape index (κ3) is 4.14. The summed E-state index contributed by atoms with van der Waals surface area (Å²) in [5, 5.41) is 16.2. The van der Waals surface area contributed by atoms with Crippen molar-refractivity contribution >= 4 is 39.4 Å². The number of halogens is 1. The Hall–Kier alpha value is -1.73. The number of hydrogen-bond donors (Lipinski definition) is 2. The second-order valence-corrected chi connectivity index (χ2v) is 6.01. The minimum atomic E-state index is -0.249. The number of aryl methyl sites for hydroxylation is 1. The lowest BCUT2D eigenvalue weighted by molar-refractivity contribution is -0.120. The van der Waals surface area contributed by atoms with Crippen LogP contribution in [0.2, 0.25) is 0 Å². The summed E-state index contributed by atoms with van der Waals surface area (Å²) in [6.07, 6.45) is 1.58. The Kier molecular flexibility index (Phi) is 4.86. The molecule has 0 aliphatic heterocycles. The maximum Gasteiger partial charge on any atom is 0.246 e. The van der Waals surface area contributed by atoms with Crippen LogP contribution in [0.15, 0.2) is 33.2 Å². The molecule has 1 aromatic carbocycles. The molecule has 0 saturated heterocycles. The molecule has 0 radical (unpaired) electrons. The summed E-state index contributed by atoms with van der Waals surface area (Å²) in [6.45, 7) is 1.89. The molecule has 2 aromatic rings. The van der Waals surface area contributed by atoms with Crippen LogP contribution < -0.4 is 5.43 Å². The summed E-state index contributed by atoms with van der Waals surface area (Å²) in [4.78, 5) is 15.8. The lowest BCUT2D eigenvalue weighted by Gasteiger charge is -2.00. The van der Waals surface area contributed by atoms with E-state index < -0.39 is 0 Å². The van der Waals surface area contributed by atoms with Crippen LogP contribution in [0.1, 0.15) is 16.3 Å². The van der Waals surface area contributed by atoms with Crippen LogP contribution in [0.3, 0.4) is 0 Å². The van der Waals surface area contributed by atoms with Crippen molar-refractivity contribution in [2.24, 2.45) is 5.10 Å². The molecule has 2 N–H and O–H groups in total. The number of hydrazone groups is 1. The van der Waals surface area contributed by atoms with E-state index in [4.69, 9.17) is 0 Å². The highest BCUT2D eigenvalue weighted by atomic mass is 79.9. The van der Waals surface area contributed by atoms with Gasteiger partial charge in [0.05, 0.1) is 23.3 Å². The van der Waals surface area contributed by atoms with Gasteiger partial charge in [-0.15, -0.1) is 11.3 Å². The molecule has 20 heavy (non-hydrogen) atoms. The van der Waals surface area contributed by atoms with E-state index in [1.807, 2.05) is 12.3 Å². The first-order valence-corrected chi connectivity index (χ1v) is 7.43. The molecule has 0 saturated carbocycles. The number of aromatic hydroxyl groups is 1. The summed E-state index contributed by atoms with van der Waals surface area (Å²) in [5.74, 6) is -0.151. The lowest BCUT2D eigenvalue weighted by Crippen LogP contribution is -2.19. The molecule has 104 valence electrons. The van der Waals surface area contributed by atoms with Crippen LogP contribution >= 0.6 is 27.3 Å². The van der Waals surface area contributed by atoms with Gasteiger partial charge < -0.3 is 5.11 Å². The van der Waals surface area contributed by atoms with E-state index in [9.17, 15) is 9.90 Å². The number of nitrogens with one attached hydrogen (secondary N) is 1. The molecule has 0 atom stereocenters. The quantitative estimate of drug-likeness (QED) is 0.655. The van der Waals surface area contributed by atoms with Crippen LogP contribution in [0.4, 0.5) is 0 Å². The average Bonchev–Trinajstić information content (AvgIpc) is 2.79. The molecular weight excluding hydrogens is 342 g/mol. The van der Waals surface area contributed by atoms with Crippen molar-refractivity contribution in [3.05, 3.63) is 44.3 Å². The van der Waals surface area contributed by atoms with Gasteiger partial charge in [0.15, 0.2) is 0 Å². The zero-order valence-corrected chi connectivity index (χ0v) is 13.0. The van der Waals surface area contributed by atoms with Crippen molar-refractivity contribution in [2.75, 3.05) is 0 Å². The number of rotatable bonds is 4. The number of aromatic nitrogens is 1. The van der Waals surface area contributed by atoms with Crippen molar-refractivity contribution in [3.8, 4) is 5.75 Å². The standard InChI is InChI=1S/C13H12BrN3O2S/c1-8-16-11(7-20-8)5-13(19)17-15-6-9-4-10(14)2-3-12(9)18/h2-4,6-7,18H,5H2,1H3,(H,17,19). The number of amides is 1. The lowest BCUT2D eigenvalue weighted by atomic mass is 10.2. The van der Waals surface area contributed by atoms with Gasteiger partial charge in [-0.05, 0) is 25.1 Å². The van der Waals surface area contributed by atoms with Crippen LogP contribution in [-0.2, 0) is 11.2 Å². The second-order valence-electron chi connectivity index (χ2n) is 4.03. The molecule has 7 heteroatoms. The fourth-order valence-corrected chi connectivity index (χ4v) is 2.49. The Morgan fingerprint density at radius 3 is 3.10 bits per heavy atom. The normalized spacial score (nSPS) is 10.9. The monoisotopic (exact) mass is 353 g/mol. The Balaban J connectivity index is 1.92. The van der Waals surface area contributed by atoms with Gasteiger partial charge in [0.25, 0.3) is 0 Å². The molecule has 2 rings (SSSR count). The summed E-state index contributed by atoms with van der Waals surface area (Å²) in [5.41, 5.74) is 3.65. The Bertz CT molecular complexity index is 655.